The van der Waals surface area contributed by atoms with Crippen molar-refractivity contribution in [2.24, 2.45) is 0 Å². The molecule has 0 aliphatic heterocycles. The zero-order valence-corrected chi connectivity index (χ0v) is 16.2. The fourth-order valence-electron chi connectivity index (χ4n) is 2.64. The molecule has 0 radical (unpaired) electrons. The van der Waals surface area contributed by atoms with Crippen LogP contribution in [0.15, 0.2) is 48.8 Å². The lowest BCUT2D eigenvalue weighted by Crippen LogP contribution is -2.16. The van der Waals surface area contributed by atoms with E-state index >= 15 is 0 Å². The van der Waals surface area contributed by atoms with Crippen LogP contribution in [0.1, 0.15) is 18.1 Å². The Balaban J connectivity index is 1.66. The van der Waals surface area contributed by atoms with Gasteiger partial charge in [-0.05, 0) is 42.3 Å². The fraction of sp³-hybridized carbons (Fsp3) is 0.143. The Bertz CT molecular complexity index is 1110. The molecule has 2 amide bonds. The molecule has 30 heavy (non-hydrogen) atoms. The molecule has 0 saturated carbocycles. The van der Waals surface area contributed by atoms with Crippen LogP contribution in [0.4, 0.5) is 20.3 Å². The predicted octanol–water partition coefficient (Wildman–Crippen LogP) is 4.00. The molecule has 0 unspecified atom stereocenters. The number of carbonyl (C=O) groups is 2. The van der Waals surface area contributed by atoms with Gasteiger partial charge in [-0.15, -0.1) is 0 Å². The molecule has 154 valence electrons. The van der Waals surface area contributed by atoms with Gasteiger partial charge in [0.15, 0.2) is 0 Å². The number of anilines is 2. The standard InChI is InChI=1S/C21H18F2N4O3/c1-12-7-16(30-21-10-19(24-11-25-21)26-13(2)28)5-6-18(12)27-20(29)8-14-3-4-15(22)9-17(14)23/h3-7,9-11H,8H2,1-2H3,(H,27,29)(H,24,25,26,28). The molecule has 2 aromatic carbocycles. The highest BCUT2D eigenvalue weighted by atomic mass is 19.1. The Morgan fingerprint density at radius 2 is 1.83 bits per heavy atom. The van der Waals surface area contributed by atoms with E-state index in [1.165, 1.54) is 25.4 Å². The SMILES string of the molecule is CC(=O)Nc1cc(Oc2ccc(NC(=O)Cc3ccc(F)cc3F)c(C)c2)ncn1. The molecular weight excluding hydrogens is 394 g/mol. The number of hydrogen-bond acceptors (Lipinski definition) is 5. The smallest absolute Gasteiger partial charge is 0.228 e. The van der Waals surface area contributed by atoms with Gasteiger partial charge >= 0.3 is 0 Å². The number of halogens is 2. The maximum absolute atomic E-state index is 13.7. The van der Waals surface area contributed by atoms with Crippen LogP contribution in [0.2, 0.25) is 0 Å². The summed E-state index contributed by atoms with van der Waals surface area (Å²) in [5, 5.41) is 5.23. The first kappa shape index (κ1) is 20.8. The van der Waals surface area contributed by atoms with E-state index in [9.17, 15) is 18.4 Å². The van der Waals surface area contributed by atoms with Crippen LogP contribution in [-0.2, 0) is 16.0 Å². The van der Waals surface area contributed by atoms with Gasteiger partial charge in [0.1, 0.15) is 29.5 Å². The number of nitrogens with zero attached hydrogens (tertiary/aromatic N) is 2. The van der Waals surface area contributed by atoms with Gasteiger partial charge < -0.3 is 15.4 Å². The maximum atomic E-state index is 13.7. The van der Waals surface area contributed by atoms with Crippen molar-refractivity contribution in [3.05, 3.63) is 71.6 Å². The maximum Gasteiger partial charge on any atom is 0.228 e. The summed E-state index contributed by atoms with van der Waals surface area (Å²) in [5.41, 5.74) is 1.33. The summed E-state index contributed by atoms with van der Waals surface area (Å²) in [6.07, 6.45) is 1.04. The summed E-state index contributed by atoms with van der Waals surface area (Å²) in [4.78, 5) is 31.2. The van der Waals surface area contributed by atoms with Crippen LogP contribution in [0.5, 0.6) is 11.6 Å². The number of aryl methyl sites for hydroxylation is 1. The van der Waals surface area contributed by atoms with Crippen molar-refractivity contribution in [3.8, 4) is 11.6 Å². The molecule has 0 spiro atoms. The highest BCUT2D eigenvalue weighted by molar-refractivity contribution is 5.93. The highest BCUT2D eigenvalue weighted by Crippen LogP contribution is 2.26. The summed E-state index contributed by atoms with van der Waals surface area (Å²) in [7, 11) is 0. The summed E-state index contributed by atoms with van der Waals surface area (Å²) in [6.45, 7) is 3.13. The summed E-state index contributed by atoms with van der Waals surface area (Å²) in [5.74, 6) is -1.17. The van der Waals surface area contributed by atoms with Crippen LogP contribution in [0.25, 0.3) is 0 Å². The second-order valence-electron chi connectivity index (χ2n) is 6.46. The van der Waals surface area contributed by atoms with E-state index in [1.54, 1.807) is 25.1 Å². The van der Waals surface area contributed by atoms with Crippen molar-refractivity contribution in [3.63, 3.8) is 0 Å². The lowest BCUT2D eigenvalue weighted by atomic mass is 10.1. The Hall–Kier alpha value is -3.88. The highest BCUT2D eigenvalue weighted by Gasteiger charge is 2.11. The number of amides is 2. The molecule has 7 nitrogen and oxygen atoms in total. The van der Waals surface area contributed by atoms with E-state index in [0.717, 1.165) is 12.1 Å². The van der Waals surface area contributed by atoms with Crippen LogP contribution >= 0.6 is 0 Å². The fourth-order valence-corrected chi connectivity index (χ4v) is 2.64. The van der Waals surface area contributed by atoms with Crippen molar-refractivity contribution in [2.45, 2.75) is 20.3 Å². The Kier molecular flexibility index (Phi) is 6.31. The van der Waals surface area contributed by atoms with E-state index in [2.05, 4.69) is 20.6 Å². The number of nitrogens with one attached hydrogen (secondary N) is 2. The second kappa shape index (κ2) is 9.08. The van der Waals surface area contributed by atoms with Gasteiger partial charge in [0.2, 0.25) is 17.7 Å². The first-order chi connectivity index (χ1) is 14.3. The molecule has 3 rings (SSSR count). The molecule has 0 atom stereocenters. The van der Waals surface area contributed by atoms with Crippen molar-refractivity contribution in [2.75, 3.05) is 10.6 Å². The third kappa shape index (κ3) is 5.57. The van der Waals surface area contributed by atoms with Crippen molar-refractivity contribution >= 4 is 23.3 Å². The van der Waals surface area contributed by atoms with Crippen LogP contribution < -0.4 is 15.4 Å². The third-order valence-electron chi connectivity index (χ3n) is 4.01. The topological polar surface area (TPSA) is 93.2 Å². The minimum absolute atomic E-state index is 0.102. The molecule has 0 aliphatic rings. The number of hydrogen-bond donors (Lipinski definition) is 2. The van der Waals surface area contributed by atoms with Crippen molar-refractivity contribution in [1.82, 2.24) is 9.97 Å². The van der Waals surface area contributed by atoms with Crippen LogP contribution in [-0.4, -0.2) is 21.8 Å². The minimum Gasteiger partial charge on any atom is -0.439 e. The van der Waals surface area contributed by atoms with Gasteiger partial charge in [-0.25, -0.2) is 18.7 Å². The number of benzene rings is 2. The first-order valence-corrected chi connectivity index (χ1v) is 8.92. The van der Waals surface area contributed by atoms with Crippen molar-refractivity contribution in [1.29, 1.82) is 0 Å². The van der Waals surface area contributed by atoms with Gasteiger partial charge in [0.05, 0.1) is 6.42 Å². The molecule has 0 saturated heterocycles. The Labute approximate surface area is 171 Å². The summed E-state index contributed by atoms with van der Waals surface area (Å²) < 4.78 is 32.4. The van der Waals surface area contributed by atoms with Gasteiger partial charge in [0, 0.05) is 24.7 Å². The number of aromatic nitrogens is 2. The average Bonchev–Trinajstić information content (AvgIpc) is 2.66. The van der Waals surface area contributed by atoms with Gasteiger partial charge in [0.25, 0.3) is 0 Å². The minimum atomic E-state index is -0.769. The first-order valence-electron chi connectivity index (χ1n) is 8.92. The van der Waals surface area contributed by atoms with Gasteiger partial charge in [-0.3, -0.25) is 9.59 Å². The van der Waals surface area contributed by atoms with Gasteiger partial charge in [-0.2, -0.15) is 0 Å². The lowest BCUT2D eigenvalue weighted by molar-refractivity contribution is -0.116. The molecule has 1 aromatic heterocycles. The third-order valence-corrected chi connectivity index (χ3v) is 4.01. The predicted molar refractivity (Wildman–Crippen MR) is 106 cm³/mol. The Morgan fingerprint density at radius 1 is 1.03 bits per heavy atom. The molecule has 9 heteroatoms. The van der Waals surface area contributed by atoms with Crippen LogP contribution in [0.3, 0.4) is 0 Å². The monoisotopic (exact) mass is 412 g/mol. The normalized spacial score (nSPS) is 10.4. The molecule has 3 aromatic rings. The van der Waals surface area contributed by atoms with E-state index in [-0.39, 0.29) is 23.8 Å². The number of carbonyl (C=O) groups excluding carboxylic acids is 2. The van der Waals surface area contributed by atoms with Gasteiger partial charge in [-0.1, -0.05) is 6.07 Å². The molecular formula is C21H18F2N4O3. The summed E-state index contributed by atoms with van der Waals surface area (Å²) >= 11 is 0. The zero-order valence-electron chi connectivity index (χ0n) is 16.2. The van der Waals surface area contributed by atoms with Crippen molar-refractivity contribution < 1.29 is 23.1 Å². The number of ether oxygens (including phenoxy) is 1. The van der Waals surface area contributed by atoms with E-state index in [0.29, 0.717) is 22.8 Å². The molecule has 0 fully saturated rings. The molecule has 2 N–H and O–H groups in total. The molecule has 0 bridgehead atoms. The largest absolute Gasteiger partial charge is 0.439 e. The van der Waals surface area contributed by atoms with E-state index in [4.69, 9.17) is 4.74 Å². The van der Waals surface area contributed by atoms with Crippen LogP contribution in [0, 0.1) is 18.6 Å². The number of rotatable bonds is 6. The van der Waals surface area contributed by atoms with E-state index < -0.39 is 17.5 Å². The summed E-state index contributed by atoms with van der Waals surface area (Å²) in [6, 6.07) is 9.52. The molecule has 0 aliphatic carbocycles. The molecule has 1 heterocycles. The zero-order chi connectivity index (χ0) is 21.7. The second-order valence-corrected chi connectivity index (χ2v) is 6.46. The quantitative estimate of drug-likeness (QED) is 0.639. The lowest BCUT2D eigenvalue weighted by Gasteiger charge is -2.11. The Morgan fingerprint density at radius 3 is 2.53 bits per heavy atom. The van der Waals surface area contributed by atoms with E-state index in [1.807, 2.05) is 0 Å². The average molecular weight is 412 g/mol.